The Kier molecular flexibility index (Phi) is 5.68. The molecule has 8 heteroatoms. The summed E-state index contributed by atoms with van der Waals surface area (Å²) in [5.74, 6) is -1.45. The lowest BCUT2D eigenvalue weighted by Crippen LogP contribution is -2.43. The van der Waals surface area contributed by atoms with E-state index in [9.17, 15) is 14.4 Å². The number of thiophene rings is 1. The smallest absolute Gasteiger partial charge is 0.342 e. The van der Waals surface area contributed by atoms with Gasteiger partial charge in [-0.3, -0.25) is 20.4 Å². The molecule has 3 aromatic rings. The Labute approximate surface area is 158 Å². The molecule has 1 heterocycles. The van der Waals surface area contributed by atoms with Gasteiger partial charge in [0.25, 0.3) is 11.8 Å². The third-order valence-electron chi connectivity index (χ3n) is 3.68. The van der Waals surface area contributed by atoms with E-state index in [4.69, 9.17) is 9.47 Å². The van der Waals surface area contributed by atoms with Gasteiger partial charge in [0.15, 0.2) is 6.61 Å². The van der Waals surface area contributed by atoms with E-state index in [-0.39, 0.29) is 5.56 Å². The number of ether oxygens (including phenoxy) is 2. The summed E-state index contributed by atoms with van der Waals surface area (Å²) in [4.78, 5) is 36.3. The summed E-state index contributed by atoms with van der Waals surface area (Å²) in [5.41, 5.74) is 4.66. The molecule has 138 valence electrons. The van der Waals surface area contributed by atoms with E-state index in [2.05, 4.69) is 10.9 Å². The van der Waals surface area contributed by atoms with Crippen LogP contribution in [-0.2, 0) is 9.53 Å². The highest BCUT2D eigenvalue weighted by atomic mass is 32.1. The Balaban J connectivity index is 1.59. The summed E-state index contributed by atoms with van der Waals surface area (Å²) in [6.07, 6.45) is 0. The van der Waals surface area contributed by atoms with Crippen LogP contribution in [0.3, 0.4) is 0 Å². The van der Waals surface area contributed by atoms with Crippen molar-refractivity contribution in [2.24, 2.45) is 0 Å². The molecule has 1 aromatic heterocycles. The SMILES string of the molecule is COc1cc2ccccc2cc1C(=O)OCC(=O)NNC(=O)c1cccs1. The number of hydrogen-bond acceptors (Lipinski definition) is 6. The number of amides is 2. The summed E-state index contributed by atoms with van der Waals surface area (Å²) in [5, 5.41) is 3.51. The van der Waals surface area contributed by atoms with Crippen LogP contribution in [0.15, 0.2) is 53.9 Å². The minimum absolute atomic E-state index is 0.214. The van der Waals surface area contributed by atoms with E-state index in [1.165, 1.54) is 18.4 Å². The number of hydrazine groups is 1. The van der Waals surface area contributed by atoms with Crippen molar-refractivity contribution >= 4 is 39.9 Å². The summed E-state index contributed by atoms with van der Waals surface area (Å²) in [7, 11) is 1.45. The molecule has 0 aliphatic carbocycles. The highest BCUT2D eigenvalue weighted by Gasteiger charge is 2.17. The molecule has 2 amide bonds. The van der Waals surface area contributed by atoms with Crippen molar-refractivity contribution in [1.29, 1.82) is 0 Å². The maximum absolute atomic E-state index is 12.3. The first-order chi connectivity index (χ1) is 13.1. The molecule has 2 aromatic carbocycles. The second-order valence-electron chi connectivity index (χ2n) is 5.46. The van der Waals surface area contributed by atoms with E-state index in [1.807, 2.05) is 24.3 Å². The summed E-state index contributed by atoms with van der Waals surface area (Å²) in [6.45, 7) is -0.542. The zero-order valence-electron chi connectivity index (χ0n) is 14.4. The van der Waals surface area contributed by atoms with Crippen molar-refractivity contribution in [2.75, 3.05) is 13.7 Å². The Hall–Kier alpha value is -3.39. The van der Waals surface area contributed by atoms with Crippen molar-refractivity contribution < 1.29 is 23.9 Å². The highest BCUT2D eigenvalue weighted by Crippen LogP contribution is 2.26. The summed E-state index contributed by atoms with van der Waals surface area (Å²) in [6, 6.07) is 14.2. The lowest BCUT2D eigenvalue weighted by atomic mass is 10.1. The molecule has 7 nitrogen and oxygen atoms in total. The van der Waals surface area contributed by atoms with Gasteiger partial charge in [0.1, 0.15) is 11.3 Å². The molecule has 0 unspecified atom stereocenters. The molecule has 0 bridgehead atoms. The zero-order chi connectivity index (χ0) is 19.2. The van der Waals surface area contributed by atoms with Gasteiger partial charge in [-0.2, -0.15) is 0 Å². The van der Waals surface area contributed by atoms with Crippen LogP contribution in [0.25, 0.3) is 10.8 Å². The van der Waals surface area contributed by atoms with Crippen LogP contribution in [0.5, 0.6) is 5.75 Å². The molecule has 0 aliphatic rings. The van der Waals surface area contributed by atoms with Crippen molar-refractivity contribution in [2.45, 2.75) is 0 Å². The largest absolute Gasteiger partial charge is 0.496 e. The maximum Gasteiger partial charge on any atom is 0.342 e. The number of hydrogen-bond donors (Lipinski definition) is 2. The van der Waals surface area contributed by atoms with Crippen molar-refractivity contribution in [3.8, 4) is 5.75 Å². The van der Waals surface area contributed by atoms with E-state index in [0.29, 0.717) is 10.6 Å². The van der Waals surface area contributed by atoms with Gasteiger partial charge in [0.2, 0.25) is 0 Å². The minimum Gasteiger partial charge on any atom is -0.496 e. The fourth-order valence-electron chi connectivity index (χ4n) is 2.39. The first-order valence-electron chi connectivity index (χ1n) is 7.95. The molecule has 27 heavy (non-hydrogen) atoms. The van der Waals surface area contributed by atoms with Crippen LogP contribution in [-0.4, -0.2) is 31.5 Å². The average Bonchev–Trinajstić information content (AvgIpc) is 3.24. The van der Waals surface area contributed by atoms with Crippen LogP contribution in [0, 0.1) is 0 Å². The highest BCUT2D eigenvalue weighted by molar-refractivity contribution is 7.12. The maximum atomic E-state index is 12.3. The lowest BCUT2D eigenvalue weighted by Gasteiger charge is -2.11. The van der Waals surface area contributed by atoms with Crippen molar-refractivity contribution in [1.82, 2.24) is 10.9 Å². The van der Waals surface area contributed by atoms with E-state index in [0.717, 1.165) is 10.8 Å². The van der Waals surface area contributed by atoms with Crippen LogP contribution < -0.4 is 15.6 Å². The average molecular weight is 384 g/mol. The second kappa shape index (κ2) is 8.33. The van der Waals surface area contributed by atoms with Gasteiger partial charge in [0.05, 0.1) is 12.0 Å². The number of esters is 1. The van der Waals surface area contributed by atoms with Gasteiger partial charge in [-0.25, -0.2) is 4.79 Å². The monoisotopic (exact) mass is 384 g/mol. The molecule has 3 rings (SSSR count). The Morgan fingerprint density at radius 3 is 2.41 bits per heavy atom. The number of carbonyl (C=O) groups excluding carboxylic acids is 3. The fraction of sp³-hybridized carbons (Fsp3) is 0.105. The molecule has 0 radical (unpaired) electrons. The molecule has 0 aliphatic heterocycles. The number of nitrogens with one attached hydrogen (secondary N) is 2. The van der Waals surface area contributed by atoms with E-state index in [1.54, 1.807) is 29.6 Å². The number of fused-ring (bicyclic) bond motifs is 1. The quantitative estimate of drug-likeness (QED) is 0.521. The second-order valence-corrected chi connectivity index (χ2v) is 6.40. The number of methoxy groups -OCH3 is 1. The molecule has 0 saturated heterocycles. The van der Waals surface area contributed by atoms with Gasteiger partial charge >= 0.3 is 5.97 Å². The van der Waals surface area contributed by atoms with Gasteiger partial charge in [-0.15, -0.1) is 11.3 Å². The summed E-state index contributed by atoms with van der Waals surface area (Å²) >= 11 is 1.24. The first kappa shape index (κ1) is 18.4. The Bertz CT molecular complexity index is 985. The first-order valence-corrected chi connectivity index (χ1v) is 8.83. The molecule has 0 atom stereocenters. The molecular weight excluding hydrogens is 368 g/mol. The fourth-order valence-corrected chi connectivity index (χ4v) is 3.01. The molecule has 0 fully saturated rings. The molecule has 0 saturated carbocycles. The zero-order valence-corrected chi connectivity index (χ0v) is 15.2. The van der Waals surface area contributed by atoms with Gasteiger partial charge in [-0.1, -0.05) is 30.3 Å². The Morgan fingerprint density at radius 2 is 1.74 bits per heavy atom. The molecular formula is C19H16N2O5S. The third-order valence-corrected chi connectivity index (χ3v) is 4.55. The van der Waals surface area contributed by atoms with Crippen LogP contribution >= 0.6 is 11.3 Å². The minimum atomic E-state index is -0.697. The standard InChI is InChI=1S/C19H16N2O5S/c1-25-15-10-13-6-3-2-5-12(13)9-14(15)19(24)26-11-17(22)20-21-18(23)16-7-4-8-27-16/h2-10H,11H2,1H3,(H,20,22)(H,21,23). The van der Waals surface area contributed by atoms with E-state index >= 15 is 0 Å². The van der Waals surface area contributed by atoms with Crippen LogP contribution in [0.1, 0.15) is 20.0 Å². The van der Waals surface area contributed by atoms with Crippen LogP contribution in [0.2, 0.25) is 0 Å². The van der Waals surface area contributed by atoms with Crippen molar-refractivity contribution in [3.05, 3.63) is 64.4 Å². The molecule has 2 N–H and O–H groups in total. The topological polar surface area (TPSA) is 93.7 Å². The number of carbonyl (C=O) groups is 3. The predicted octanol–water partition coefficient (Wildman–Crippen LogP) is 2.53. The van der Waals surface area contributed by atoms with Gasteiger partial charge < -0.3 is 9.47 Å². The predicted molar refractivity (Wildman–Crippen MR) is 101 cm³/mol. The van der Waals surface area contributed by atoms with Crippen LogP contribution in [0.4, 0.5) is 0 Å². The normalized spacial score (nSPS) is 10.3. The number of rotatable bonds is 5. The molecule has 0 spiro atoms. The Morgan fingerprint density at radius 1 is 1.00 bits per heavy atom. The summed E-state index contributed by atoms with van der Waals surface area (Å²) < 4.78 is 10.3. The third kappa shape index (κ3) is 4.42. The lowest BCUT2D eigenvalue weighted by molar-refractivity contribution is -0.125. The number of benzene rings is 2. The van der Waals surface area contributed by atoms with Gasteiger partial charge in [0, 0.05) is 0 Å². The van der Waals surface area contributed by atoms with E-state index < -0.39 is 24.4 Å². The van der Waals surface area contributed by atoms with Crippen molar-refractivity contribution in [3.63, 3.8) is 0 Å². The van der Waals surface area contributed by atoms with Gasteiger partial charge in [-0.05, 0) is 34.4 Å².